The Hall–Kier alpha value is 0.574. The van der Waals surface area contributed by atoms with Gasteiger partial charge in [0.25, 0.3) is 0 Å². The maximum atomic E-state index is 9.62. The summed E-state index contributed by atoms with van der Waals surface area (Å²) in [7, 11) is 0. The molecule has 0 heterocycles. The first kappa shape index (κ1) is 5.57. The van der Waals surface area contributed by atoms with Crippen molar-refractivity contribution in [2.75, 3.05) is 0 Å². The summed E-state index contributed by atoms with van der Waals surface area (Å²) in [6, 6.07) is 0. The van der Waals surface area contributed by atoms with Gasteiger partial charge in [0.15, 0.2) is 0 Å². The molecule has 0 spiro atoms. The molecule has 5 heavy (non-hydrogen) atoms. The minimum absolute atomic E-state index is 0.188. The van der Waals surface area contributed by atoms with Crippen molar-refractivity contribution >= 4 is 5.97 Å². The van der Waals surface area contributed by atoms with Gasteiger partial charge >= 0.3 is 51.2 Å². The van der Waals surface area contributed by atoms with Crippen molar-refractivity contribution in [3.63, 3.8) is 0 Å². The van der Waals surface area contributed by atoms with E-state index in [1.807, 2.05) is 0 Å². The third-order valence-corrected chi connectivity index (χ3v) is 0.982. The van der Waals surface area contributed by atoms with Crippen molar-refractivity contribution in [1.82, 2.24) is 0 Å². The molecule has 0 bridgehead atoms. The number of hydrogen-bond donors (Lipinski definition) is 0. The van der Waals surface area contributed by atoms with Crippen LogP contribution < -0.4 is 0 Å². The van der Waals surface area contributed by atoms with Gasteiger partial charge in [-0.15, -0.1) is 0 Å². The zero-order chi connectivity index (χ0) is 4.28. The number of rotatable bonds is 0. The first-order valence-electron chi connectivity index (χ1n) is 1.14. The number of carbonyl (C=O) groups is 1. The van der Waals surface area contributed by atoms with E-state index in [4.69, 9.17) is 0 Å². The molecular weight excluding hydrogens is 145 g/mol. The monoisotopic (exact) mass is 148 g/mol. The minimum atomic E-state index is -0.188. The third-order valence-electron chi connectivity index (χ3n) is 0.166. The van der Waals surface area contributed by atoms with Crippen LogP contribution in [-0.4, -0.2) is 5.97 Å². The van der Waals surface area contributed by atoms with Crippen LogP contribution in [0.25, 0.3) is 0 Å². The zero-order valence-corrected chi connectivity index (χ0v) is 5.73. The van der Waals surface area contributed by atoms with Gasteiger partial charge in [-0.25, -0.2) is 0 Å². The van der Waals surface area contributed by atoms with E-state index in [0.29, 0.717) is 31.5 Å². The Morgan fingerprint density at radius 1 is 2.00 bits per heavy atom. The Morgan fingerprint density at radius 3 is 2.20 bits per heavy atom. The second-order valence-electron chi connectivity index (χ2n) is 0.609. The van der Waals surface area contributed by atoms with E-state index in [0.717, 1.165) is 0 Å². The molecule has 2 nitrogen and oxygen atoms in total. The normalized spacial score (nSPS) is 6.40. The van der Waals surface area contributed by atoms with Crippen LogP contribution >= 0.6 is 0 Å². The van der Waals surface area contributed by atoms with Gasteiger partial charge < -0.3 is 0 Å². The van der Waals surface area contributed by atoms with Gasteiger partial charge in [-0.1, -0.05) is 0 Å². The molecule has 0 fully saturated rings. The van der Waals surface area contributed by atoms with Crippen LogP contribution in [0.15, 0.2) is 0 Å². The Bertz CT molecular complexity index is 42.9. The topological polar surface area (TPSA) is 26.3 Å². The molecule has 0 unspecified atom stereocenters. The summed E-state index contributed by atoms with van der Waals surface area (Å²) in [4.78, 5) is 9.62. The Balaban J connectivity index is 2.85. The van der Waals surface area contributed by atoms with E-state index >= 15 is 0 Å². The van der Waals surface area contributed by atoms with Gasteiger partial charge in [0.2, 0.25) is 0 Å². The van der Waals surface area contributed by atoms with Crippen LogP contribution in [0.4, 0.5) is 0 Å². The summed E-state index contributed by atoms with van der Waals surface area (Å²) in [6.45, 7) is 1.39. The van der Waals surface area contributed by atoms with E-state index in [-0.39, 0.29) is 5.97 Å². The predicted molar refractivity (Wildman–Crippen MR) is 11.8 cm³/mol. The van der Waals surface area contributed by atoms with E-state index in [2.05, 4.69) is 2.05 Å². The zero-order valence-electron chi connectivity index (χ0n) is 2.89. The average molecular weight is 148 g/mol. The predicted octanol–water partition coefficient (Wildman–Crippen LogP) is 0.0113. The average Bonchev–Trinajstić information content (AvgIpc) is 1.38. The molecule has 0 saturated heterocycles. The van der Waals surface area contributed by atoms with Gasteiger partial charge in [0.1, 0.15) is 0 Å². The first-order valence-corrected chi connectivity index (χ1v) is 2.30. The van der Waals surface area contributed by atoms with Gasteiger partial charge in [-0.2, -0.15) is 0 Å². The molecule has 0 saturated carbocycles. The standard InChI is InChI=1S/C2H4O2.Y/c1-2(3)4;/h1H3,(H,3,4);/q;+1/p-1. The number of carbonyl (C=O) groups excluding carboxylic acids is 1. The molecule has 0 N–H and O–H groups in total. The summed E-state index contributed by atoms with van der Waals surface area (Å²) < 4.78 is 4.24. The van der Waals surface area contributed by atoms with E-state index < -0.39 is 0 Å². The Morgan fingerprint density at radius 2 is 2.20 bits per heavy atom. The van der Waals surface area contributed by atoms with E-state index in [1.165, 1.54) is 6.92 Å². The molecule has 0 rings (SSSR count). The quantitative estimate of drug-likeness (QED) is 0.483. The van der Waals surface area contributed by atoms with Crippen LogP contribution in [-0.2, 0) is 38.3 Å². The number of hydrogen-bond acceptors (Lipinski definition) is 2. The van der Waals surface area contributed by atoms with Crippen molar-refractivity contribution in [3.8, 4) is 0 Å². The Labute approximate surface area is 51.1 Å². The van der Waals surface area contributed by atoms with Gasteiger partial charge in [0, 0.05) is 0 Å². The first-order chi connectivity index (χ1) is 2.27. The molecule has 0 amide bonds. The van der Waals surface area contributed by atoms with Crippen LogP contribution in [0.5, 0.6) is 0 Å². The van der Waals surface area contributed by atoms with Crippen molar-refractivity contribution in [2.24, 2.45) is 0 Å². The molecule has 3 heteroatoms. The SMILES string of the molecule is CC(=O)[O][Y]. The second-order valence-corrected chi connectivity index (χ2v) is 1.19. The third kappa shape index (κ3) is 4.57. The maximum absolute atomic E-state index is 9.62. The molecule has 0 aliphatic rings. The van der Waals surface area contributed by atoms with Crippen molar-refractivity contribution in [3.05, 3.63) is 0 Å². The van der Waals surface area contributed by atoms with Gasteiger partial charge in [-0.3, -0.25) is 0 Å². The second kappa shape index (κ2) is 2.79. The van der Waals surface area contributed by atoms with Crippen LogP contribution in [0.3, 0.4) is 0 Å². The summed E-state index contributed by atoms with van der Waals surface area (Å²) in [6.07, 6.45) is 0. The van der Waals surface area contributed by atoms with Crippen molar-refractivity contribution < 1.29 is 38.3 Å². The molecule has 0 atom stereocenters. The fourth-order valence-corrected chi connectivity index (χ4v) is 0. The van der Waals surface area contributed by atoms with Crippen LogP contribution in [0.1, 0.15) is 6.92 Å². The Kier molecular flexibility index (Phi) is 3.11. The molecule has 0 aliphatic carbocycles. The van der Waals surface area contributed by atoms with Crippen molar-refractivity contribution in [2.45, 2.75) is 6.92 Å². The summed E-state index contributed by atoms with van der Waals surface area (Å²) in [5.41, 5.74) is 0. The van der Waals surface area contributed by atoms with E-state index in [1.54, 1.807) is 0 Å². The molecule has 26 valence electrons. The molecule has 0 aliphatic heterocycles. The summed E-state index contributed by atoms with van der Waals surface area (Å²) >= 11 is 0.577. The molecule has 0 aromatic heterocycles. The van der Waals surface area contributed by atoms with Crippen LogP contribution in [0, 0.1) is 0 Å². The fraction of sp³-hybridized carbons (Fsp3) is 0.500. The molecule has 0 aromatic carbocycles. The summed E-state index contributed by atoms with van der Waals surface area (Å²) in [5, 5.41) is 0. The van der Waals surface area contributed by atoms with Gasteiger partial charge in [0.05, 0.1) is 0 Å². The van der Waals surface area contributed by atoms with E-state index in [9.17, 15) is 4.79 Å². The molecular formula is C2H3O2Y. The molecule has 0 aromatic rings. The fourth-order valence-electron chi connectivity index (χ4n) is 0. The van der Waals surface area contributed by atoms with Gasteiger partial charge in [-0.05, 0) is 0 Å². The van der Waals surface area contributed by atoms with Crippen LogP contribution in [0.2, 0.25) is 0 Å². The van der Waals surface area contributed by atoms with Crippen molar-refractivity contribution in [1.29, 1.82) is 0 Å². The molecule has 0 radical (unpaired) electrons. The summed E-state index contributed by atoms with van der Waals surface area (Å²) in [5.74, 6) is -0.188.